The second-order valence-electron chi connectivity index (χ2n) is 7.48. The molecule has 26 heavy (non-hydrogen) atoms. The van der Waals surface area contributed by atoms with Gasteiger partial charge in [0.1, 0.15) is 0 Å². The van der Waals surface area contributed by atoms with Crippen molar-refractivity contribution in [1.29, 1.82) is 0 Å². The lowest BCUT2D eigenvalue weighted by molar-refractivity contribution is -0.129. The molecule has 2 amide bonds. The van der Waals surface area contributed by atoms with Crippen molar-refractivity contribution in [2.75, 3.05) is 11.5 Å². The van der Waals surface area contributed by atoms with Gasteiger partial charge in [0.25, 0.3) is 0 Å². The molecule has 3 saturated heterocycles. The van der Waals surface area contributed by atoms with Crippen LogP contribution in [0.25, 0.3) is 0 Å². The van der Waals surface area contributed by atoms with E-state index in [2.05, 4.69) is 12.7 Å². The fourth-order valence-corrected chi connectivity index (χ4v) is 4.99. The molecule has 3 aliphatic heterocycles. The summed E-state index contributed by atoms with van der Waals surface area (Å²) in [4.78, 5) is 27.7. The van der Waals surface area contributed by atoms with Crippen LogP contribution in [0.2, 0.25) is 0 Å². The number of nitrogens with zero attached hydrogens (tertiary/aromatic N) is 1. The van der Waals surface area contributed by atoms with Gasteiger partial charge in [0, 0.05) is 12.3 Å². The van der Waals surface area contributed by atoms with E-state index in [9.17, 15) is 9.59 Å². The largest absolute Gasteiger partial charge is 0.371 e. The predicted molar refractivity (Wildman–Crippen MR) is 95.3 cm³/mol. The number of ether oxygens (including phenoxy) is 2. The standard InChI is InChI=1S/C21H21NO4/c1-2-14-10-16-19(26-14)17-12(11-25-16)8-9-15-18(17)21(24)22(20(15)23)13-6-4-3-5-7-13/h2-8,14-19H,1,9-11H2/t14-,15+,16+,17+,18+,19-/m1/s1. The van der Waals surface area contributed by atoms with E-state index >= 15 is 0 Å². The zero-order chi connectivity index (χ0) is 17.8. The summed E-state index contributed by atoms with van der Waals surface area (Å²) in [6.45, 7) is 4.35. The maximum absolute atomic E-state index is 13.3. The average Bonchev–Trinajstić information content (AvgIpc) is 3.21. The summed E-state index contributed by atoms with van der Waals surface area (Å²) >= 11 is 0. The summed E-state index contributed by atoms with van der Waals surface area (Å²) in [5.74, 6) is -0.942. The molecule has 0 unspecified atom stereocenters. The minimum atomic E-state index is -0.359. The first kappa shape index (κ1) is 16.0. The zero-order valence-electron chi connectivity index (χ0n) is 14.4. The highest BCUT2D eigenvalue weighted by atomic mass is 16.6. The van der Waals surface area contributed by atoms with Crippen LogP contribution in [0.5, 0.6) is 0 Å². The minimum Gasteiger partial charge on any atom is -0.371 e. The van der Waals surface area contributed by atoms with Gasteiger partial charge in [-0.05, 0) is 24.1 Å². The molecule has 0 spiro atoms. The number of benzene rings is 1. The van der Waals surface area contributed by atoms with Crippen molar-refractivity contribution in [3.05, 3.63) is 54.6 Å². The summed E-state index contributed by atoms with van der Waals surface area (Å²) in [7, 11) is 0. The highest BCUT2D eigenvalue weighted by Gasteiger charge is 2.58. The number of para-hydroxylation sites is 1. The van der Waals surface area contributed by atoms with Gasteiger partial charge in [0.2, 0.25) is 11.8 Å². The number of imide groups is 1. The second-order valence-corrected chi connectivity index (χ2v) is 7.48. The van der Waals surface area contributed by atoms with Gasteiger partial charge in [0.15, 0.2) is 0 Å². The molecule has 0 bridgehead atoms. The molecular formula is C21H21NO4. The van der Waals surface area contributed by atoms with E-state index in [1.807, 2.05) is 30.3 Å². The van der Waals surface area contributed by atoms with Crippen molar-refractivity contribution in [3.63, 3.8) is 0 Å². The third kappa shape index (κ3) is 2.17. The molecule has 0 radical (unpaired) electrons. The topological polar surface area (TPSA) is 55.8 Å². The van der Waals surface area contributed by atoms with Crippen molar-refractivity contribution in [3.8, 4) is 0 Å². The Morgan fingerprint density at radius 1 is 1.12 bits per heavy atom. The Labute approximate surface area is 152 Å². The maximum Gasteiger partial charge on any atom is 0.238 e. The van der Waals surface area contributed by atoms with E-state index in [0.717, 1.165) is 12.0 Å². The van der Waals surface area contributed by atoms with Gasteiger partial charge < -0.3 is 9.47 Å². The van der Waals surface area contributed by atoms with Crippen molar-refractivity contribution >= 4 is 17.5 Å². The third-order valence-corrected chi connectivity index (χ3v) is 6.18. The molecule has 5 rings (SSSR count). The Balaban J connectivity index is 1.52. The molecule has 1 aromatic carbocycles. The number of anilines is 1. The van der Waals surface area contributed by atoms with Crippen LogP contribution < -0.4 is 4.90 Å². The lowest BCUT2D eigenvalue weighted by Crippen LogP contribution is -2.48. The highest BCUT2D eigenvalue weighted by molar-refractivity contribution is 6.22. The predicted octanol–water partition coefficient (Wildman–Crippen LogP) is 2.48. The number of rotatable bonds is 2. The van der Waals surface area contributed by atoms with Crippen molar-refractivity contribution in [1.82, 2.24) is 0 Å². The molecule has 0 N–H and O–H groups in total. The monoisotopic (exact) mass is 351 g/mol. The molecule has 3 heterocycles. The number of carbonyl (C=O) groups is 2. The fraction of sp³-hybridized carbons (Fsp3) is 0.429. The lowest BCUT2D eigenvalue weighted by Gasteiger charge is -2.41. The Morgan fingerprint density at radius 3 is 2.69 bits per heavy atom. The summed E-state index contributed by atoms with van der Waals surface area (Å²) in [5, 5.41) is 0. The van der Waals surface area contributed by atoms with Crippen LogP contribution in [0.15, 0.2) is 54.6 Å². The van der Waals surface area contributed by atoms with Gasteiger partial charge in [-0.3, -0.25) is 14.5 Å². The van der Waals surface area contributed by atoms with Crippen molar-refractivity contribution < 1.29 is 19.1 Å². The molecule has 5 nitrogen and oxygen atoms in total. The maximum atomic E-state index is 13.3. The minimum absolute atomic E-state index is 0.0347. The summed E-state index contributed by atoms with van der Waals surface area (Å²) < 4.78 is 12.1. The molecule has 134 valence electrons. The van der Waals surface area contributed by atoms with Gasteiger partial charge >= 0.3 is 0 Å². The van der Waals surface area contributed by atoms with Crippen LogP contribution in [-0.2, 0) is 19.1 Å². The summed E-state index contributed by atoms with van der Waals surface area (Å²) in [5.41, 5.74) is 1.76. The van der Waals surface area contributed by atoms with E-state index in [1.54, 1.807) is 6.08 Å². The number of carbonyl (C=O) groups excluding carboxylic acids is 2. The summed E-state index contributed by atoms with van der Waals surface area (Å²) in [6.07, 6.45) is 4.97. The van der Waals surface area contributed by atoms with Crippen LogP contribution in [0.4, 0.5) is 5.69 Å². The quantitative estimate of drug-likeness (QED) is 0.607. The van der Waals surface area contributed by atoms with Crippen LogP contribution in [-0.4, -0.2) is 36.7 Å². The van der Waals surface area contributed by atoms with Crippen molar-refractivity contribution in [2.24, 2.45) is 17.8 Å². The molecule has 3 fully saturated rings. The Morgan fingerprint density at radius 2 is 1.92 bits per heavy atom. The molecule has 1 aliphatic carbocycles. The highest BCUT2D eigenvalue weighted by Crippen LogP contribution is 2.49. The van der Waals surface area contributed by atoms with Crippen LogP contribution in [0.1, 0.15) is 12.8 Å². The van der Waals surface area contributed by atoms with E-state index in [1.165, 1.54) is 4.90 Å². The SMILES string of the molecule is C=C[C@@H]1C[C@@H]2OCC3=CC[C@@H]4C(=O)N(c5ccccc5)C(=O)[C@@H]4[C@H]3[C@@H]2O1. The average molecular weight is 351 g/mol. The number of amides is 2. The van der Waals surface area contributed by atoms with E-state index in [0.29, 0.717) is 18.7 Å². The second kappa shape index (κ2) is 5.89. The smallest absolute Gasteiger partial charge is 0.238 e. The molecule has 6 atom stereocenters. The van der Waals surface area contributed by atoms with Crippen LogP contribution in [0.3, 0.4) is 0 Å². The molecule has 5 heteroatoms. The Kier molecular flexibility index (Phi) is 3.62. The number of hydrogen-bond acceptors (Lipinski definition) is 4. The van der Waals surface area contributed by atoms with Gasteiger partial charge in [-0.2, -0.15) is 0 Å². The molecule has 1 aromatic rings. The Hall–Kier alpha value is -2.24. The molecule has 4 aliphatic rings. The molecule has 0 aromatic heterocycles. The van der Waals surface area contributed by atoms with E-state index in [-0.39, 0.29) is 47.9 Å². The van der Waals surface area contributed by atoms with Crippen molar-refractivity contribution in [2.45, 2.75) is 31.2 Å². The third-order valence-electron chi connectivity index (χ3n) is 6.18. The lowest BCUT2D eigenvalue weighted by atomic mass is 9.69. The first-order valence-electron chi connectivity index (χ1n) is 9.20. The first-order chi connectivity index (χ1) is 12.7. The number of allylic oxidation sites excluding steroid dienone is 1. The van der Waals surface area contributed by atoms with E-state index in [4.69, 9.17) is 9.47 Å². The van der Waals surface area contributed by atoms with Gasteiger partial charge in [-0.1, -0.05) is 30.4 Å². The molecule has 0 saturated carbocycles. The fourth-order valence-electron chi connectivity index (χ4n) is 4.99. The van der Waals surface area contributed by atoms with Crippen LogP contribution >= 0.6 is 0 Å². The van der Waals surface area contributed by atoms with Gasteiger partial charge in [-0.25, -0.2) is 0 Å². The van der Waals surface area contributed by atoms with Crippen LogP contribution in [0, 0.1) is 17.8 Å². The van der Waals surface area contributed by atoms with Gasteiger partial charge in [-0.15, -0.1) is 6.58 Å². The van der Waals surface area contributed by atoms with Gasteiger partial charge in [0.05, 0.1) is 42.4 Å². The normalized spacial score (nSPS) is 38.5. The first-order valence-corrected chi connectivity index (χ1v) is 9.20. The Bertz CT molecular complexity index is 801. The van der Waals surface area contributed by atoms with E-state index < -0.39 is 0 Å². The molecular weight excluding hydrogens is 330 g/mol. The number of hydrogen-bond donors (Lipinski definition) is 0. The zero-order valence-corrected chi connectivity index (χ0v) is 14.4. The number of fused-ring (bicyclic) bond motifs is 5. The summed E-state index contributed by atoms with van der Waals surface area (Å²) in [6, 6.07) is 9.20.